The maximum absolute atomic E-state index is 12.4. The molecule has 1 amide bonds. The van der Waals surface area contributed by atoms with E-state index in [9.17, 15) is 4.79 Å². The first-order chi connectivity index (χ1) is 13.5. The molecule has 28 heavy (non-hydrogen) atoms. The van der Waals surface area contributed by atoms with E-state index >= 15 is 0 Å². The molecule has 0 saturated carbocycles. The molecule has 0 aliphatic rings. The molecule has 3 aromatic rings. The first kappa shape index (κ1) is 19.2. The number of carbonyl (C=O) groups is 1. The minimum Gasteiger partial charge on any atom is -0.497 e. The second-order valence-corrected chi connectivity index (χ2v) is 6.33. The van der Waals surface area contributed by atoms with Crippen LogP contribution < -0.4 is 20.1 Å². The van der Waals surface area contributed by atoms with Crippen molar-refractivity contribution in [2.75, 3.05) is 24.9 Å². The first-order valence-electron chi connectivity index (χ1n) is 8.71. The van der Waals surface area contributed by atoms with Crippen molar-refractivity contribution in [3.63, 3.8) is 0 Å². The quantitative estimate of drug-likeness (QED) is 0.671. The number of aromatic nitrogens is 2. The van der Waals surface area contributed by atoms with Crippen molar-refractivity contribution in [1.29, 1.82) is 0 Å². The van der Waals surface area contributed by atoms with Gasteiger partial charge < -0.3 is 20.1 Å². The molecule has 2 N–H and O–H groups in total. The van der Waals surface area contributed by atoms with Gasteiger partial charge in [-0.3, -0.25) is 4.79 Å². The zero-order valence-electron chi connectivity index (χ0n) is 16.2. The summed E-state index contributed by atoms with van der Waals surface area (Å²) in [5.74, 6) is 1.48. The van der Waals surface area contributed by atoms with Gasteiger partial charge in [0.25, 0.3) is 5.91 Å². The molecule has 3 rings (SSSR count). The Morgan fingerprint density at radius 3 is 2.25 bits per heavy atom. The first-order valence-corrected chi connectivity index (χ1v) is 8.71. The highest BCUT2D eigenvalue weighted by molar-refractivity contribution is 6.02. The lowest BCUT2D eigenvalue weighted by atomic mass is 10.1. The summed E-state index contributed by atoms with van der Waals surface area (Å²) in [6.07, 6.45) is 0. The van der Waals surface area contributed by atoms with Gasteiger partial charge in [-0.15, -0.1) is 10.2 Å². The third kappa shape index (κ3) is 4.56. The molecule has 0 radical (unpaired) electrons. The van der Waals surface area contributed by atoms with Crippen LogP contribution in [0.2, 0.25) is 0 Å². The topological polar surface area (TPSA) is 85.4 Å². The molecule has 0 fully saturated rings. The average Bonchev–Trinajstić information content (AvgIpc) is 2.67. The highest BCUT2D eigenvalue weighted by atomic mass is 16.5. The molecule has 7 nitrogen and oxygen atoms in total. The molecular formula is C21H22N4O3. The van der Waals surface area contributed by atoms with E-state index in [0.717, 1.165) is 16.8 Å². The van der Waals surface area contributed by atoms with E-state index in [0.29, 0.717) is 23.0 Å². The number of methoxy groups -OCH3 is 2. The average molecular weight is 378 g/mol. The Morgan fingerprint density at radius 1 is 0.893 bits per heavy atom. The predicted molar refractivity (Wildman–Crippen MR) is 109 cm³/mol. The third-order valence-corrected chi connectivity index (χ3v) is 4.05. The number of amides is 1. The van der Waals surface area contributed by atoms with E-state index in [4.69, 9.17) is 9.47 Å². The summed E-state index contributed by atoms with van der Waals surface area (Å²) in [5.41, 5.74) is 3.79. The molecule has 1 aromatic heterocycles. The Morgan fingerprint density at radius 2 is 1.64 bits per heavy atom. The van der Waals surface area contributed by atoms with Crippen molar-refractivity contribution in [3.8, 4) is 11.5 Å². The van der Waals surface area contributed by atoms with Crippen LogP contribution >= 0.6 is 0 Å². The van der Waals surface area contributed by atoms with Gasteiger partial charge in [0.05, 0.1) is 19.9 Å². The Kier molecular flexibility index (Phi) is 5.74. The smallest absolute Gasteiger partial charge is 0.276 e. The van der Waals surface area contributed by atoms with E-state index in [2.05, 4.69) is 20.8 Å². The summed E-state index contributed by atoms with van der Waals surface area (Å²) in [6.45, 7) is 3.96. The monoisotopic (exact) mass is 378 g/mol. The molecule has 0 aliphatic carbocycles. The molecule has 0 aliphatic heterocycles. The van der Waals surface area contributed by atoms with Crippen molar-refractivity contribution < 1.29 is 14.3 Å². The van der Waals surface area contributed by atoms with Crippen LogP contribution in [0.25, 0.3) is 0 Å². The minimum absolute atomic E-state index is 0.224. The highest BCUT2D eigenvalue weighted by Crippen LogP contribution is 2.30. The molecule has 2 aromatic carbocycles. The minimum atomic E-state index is -0.317. The lowest BCUT2D eigenvalue weighted by Crippen LogP contribution is -2.14. The number of hydrogen-bond acceptors (Lipinski definition) is 6. The Balaban J connectivity index is 1.74. The van der Waals surface area contributed by atoms with Crippen LogP contribution in [0.3, 0.4) is 0 Å². The number of hydrogen-bond donors (Lipinski definition) is 2. The van der Waals surface area contributed by atoms with Crippen LogP contribution in [0.4, 0.5) is 17.2 Å². The number of aryl methyl sites for hydroxylation is 2. The molecule has 7 heteroatoms. The summed E-state index contributed by atoms with van der Waals surface area (Å²) in [4.78, 5) is 12.4. The number of carbonyl (C=O) groups excluding carboxylic acids is 1. The van der Waals surface area contributed by atoms with Crippen molar-refractivity contribution in [3.05, 3.63) is 65.4 Å². The maximum Gasteiger partial charge on any atom is 0.276 e. The van der Waals surface area contributed by atoms with Gasteiger partial charge in [0.2, 0.25) is 0 Å². The molecule has 0 atom stereocenters. The van der Waals surface area contributed by atoms with Crippen LogP contribution in [0.15, 0.2) is 48.5 Å². The molecule has 0 saturated heterocycles. The van der Waals surface area contributed by atoms with E-state index in [1.807, 2.05) is 32.0 Å². The SMILES string of the molecule is COc1ccc(OC)c(Nc2ccc(C(=O)Nc3cc(C)cc(C)c3)nn2)c1. The fourth-order valence-electron chi connectivity index (χ4n) is 2.81. The second-order valence-electron chi connectivity index (χ2n) is 6.33. The Labute approximate surface area is 163 Å². The van der Waals surface area contributed by atoms with Crippen molar-refractivity contribution in [2.45, 2.75) is 13.8 Å². The van der Waals surface area contributed by atoms with E-state index in [1.165, 1.54) is 0 Å². The summed E-state index contributed by atoms with van der Waals surface area (Å²) >= 11 is 0. The van der Waals surface area contributed by atoms with Gasteiger partial charge in [-0.05, 0) is 61.4 Å². The van der Waals surface area contributed by atoms with Gasteiger partial charge in [-0.1, -0.05) is 6.07 Å². The fourth-order valence-corrected chi connectivity index (χ4v) is 2.81. The largest absolute Gasteiger partial charge is 0.497 e. The number of benzene rings is 2. The standard InChI is InChI=1S/C21H22N4O3/c1-13-9-14(2)11-15(10-13)22-21(26)17-6-8-20(25-24-17)23-18-12-16(27-3)5-7-19(18)28-4/h5-12H,1-4H3,(H,22,26)(H,23,25). The highest BCUT2D eigenvalue weighted by Gasteiger charge is 2.11. The number of anilines is 3. The van der Waals surface area contributed by atoms with E-state index in [-0.39, 0.29) is 11.6 Å². The zero-order chi connectivity index (χ0) is 20.1. The molecule has 144 valence electrons. The third-order valence-electron chi connectivity index (χ3n) is 4.05. The van der Waals surface area contributed by atoms with Crippen molar-refractivity contribution in [1.82, 2.24) is 10.2 Å². The molecule has 1 heterocycles. The van der Waals surface area contributed by atoms with Crippen molar-refractivity contribution >= 4 is 23.1 Å². The zero-order valence-corrected chi connectivity index (χ0v) is 16.2. The van der Waals surface area contributed by atoms with Gasteiger partial charge in [-0.25, -0.2) is 0 Å². The van der Waals surface area contributed by atoms with Crippen LogP contribution in [0, 0.1) is 13.8 Å². The number of nitrogens with zero attached hydrogens (tertiary/aromatic N) is 2. The number of nitrogens with one attached hydrogen (secondary N) is 2. The van der Waals surface area contributed by atoms with Gasteiger partial charge >= 0.3 is 0 Å². The van der Waals surface area contributed by atoms with Gasteiger partial charge in [0.15, 0.2) is 11.5 Å². The Bertz CT molecular complexity index is 967. The van der Waals surface area contributed by atoms with Gasteiger partial charge in [-0.2, -0.15) is 0 Å². The van der Waals surface area contributed by atoms with Crippen LogP contribution in [-0.2, 0) is 0 Å². The molecule has 0 spiro atoms. The predicted octanol–water partition coefficient (Wildman–Crippen LogP) is 4.11. The maximum atomic E-state index is 12.4. The normalized spacial score (nSPS) is 10.3. The van der Waals surface area contributed by atoms with Crippen LogP contribution in [-0.4, -0.2) is 30.3 Å². The number of rotatable bonds is 6. The summed E-state index contributed by atoms with van der Waals surface area (Å²) < 4.78 is 10.6. The summed E-state index contributed by atoms with van der Waals surface area (Å²) in [7, 11) is 3.17. The van der Waals surface area contributed by atoms with Crippen LogP contribution in [0.5, 0.6) is 11.5 Å². The Hall–Kier alpha value is -3.61. The lowest BCUT2D eigenvalue weighted by Gasteiger charge is -2.12. The summed E-state index contributed by atoms with van der Waals surface area (Å²) in [6, 6.07) is 14.5. The van der Waals surface area contributed by atoms with E-state index < -0.39 is 0 Å². The molecular weight excluding hydrogens is 356 g/mol. The number of ether oxygens (including phenoxy) is 2. The van der Waals surface area contributed by atoms with Gasteiger partial charge in [0.1, 0.15) is 11.5 Å². The van der Waals surface area contributed by atoms with E-state index in [1.54, 1.807) is 44.6 Å². The van der Waals surface area contributed by atoms with Crippen LogP contribution in [0.1, 0.15) is 21.6 Å². The molecule has 0 bridgehead atoms. The molecule has 0 unspecified atom stereocenters. The second kappa shape index (κ2) is 8.39. The summed E-state index contributed by atoms with van der Waals surface area (Å²) in [5, 5.41) is 14.1. The fraction of sp³-hybridized carbons (Fsp3) is 0.190. The van der Waals surface area contributed by atoms with Crippen molar-refractivity contribution in [2.24, 2.45) is 0 Å². The van der Waals surface area contributed by atoms with Gasteiger partial charge in [0, 0.05) is 11.8 Å². The lowest BCUT2D eigenvalue weighted by molar-refractivity contribution is 0.102.